The molecule has 1 saturated heterocycles. The third-order valence-corrected chi connectivity index (χ3v) is 2.20. The van der Waals surface area contributed by atoms with Crippen molar-refractivity contribution in [3.63, 3.8) is 0 Å². The highest BCUT2D eigenvalue weighted by Crippen LogP contribution is 2.19. The van der Waals surface area contributed by atoms with Crippen LogP contribution in [0.1, 0.15) is 27.2 Å². The van der Waals surface area contributed by atoms with E-state index in [1.54, 1.807) is 20.8 Å². The Morgan fingerprint density at radius 2 is 2.31 bits per heavy atom. The van der Waals surface area contributed by atoms with Crippen molar-refractivity contribution in [3.05, 3.63) is 0 Å². The van der Waals surface area contributed by atoms with Gasteiger partial charge in [0.2, 0.25) is 0 Å². The van der Waals surface area contributed by atoms with E-state index >= 15 is 0 Å². The second kappa shape index (κ2) is 3.27. The Morgan fingerprint density at radius 3 is 2.69 bits per heavy atom. The molecule has 1 fully saturated rings. The molecule has 0 spiro atoms. The number of nitrogens with one attached hydrogen (secondary N) is 1. The summed E-state index contributed by atoms with van der Waals surface area (Å²) in [7, 11) is 0. The van der Waals surface area contributed by atoms with Crippen LogP contribution in [0.2, 0.25) is 0 Å². The van der Waals surface area contributed by atoms with Crippen molar-refractivity contribution in [2.75, 3.05) is 13.2 Å². The maximum absolute atomic E-state index is 11.2. The minimum absolute atomic E-state index is 0.225. The zero-order valence-electron chi connectivity index (χ0n) is 8.39. The van der Waals surface area contributed by atoms with Gasteiger partial charge in [0.05, 0.1) is 12.2 Å². The lowest BCUT2D eigenvalue weighted by atomic mass is 9.99. The van der Waals surface area contributed by atoms with Gasteiger partial charge in [-0.3, -0.25) is 10.1 Å². The predicted molar refractivity (Wildman–Crippen MR) is 48.3 cm³/mol. The Bertz CT molecular complexity index is 209. The van der Waals surface area contributed by atoms with Gasteiger partial charge in [0.1, 0.15) is 5.54 Å². The molecule has 0 aromatic heterocycles. The average Bonchev–Trinajstić information content (AvgIpc) is 2.29. The molecule has 1 heterocycles. The summed E-state index contributed by atoms with van der Waals surface area (Å²) in [6.07, 6.45) is 0.669. The number of esters is 1. The number of ether oxygens (including phenoxy) is 1. The van der Waals surface area contributed by atoms with Gasteiger partial charge in [-0.2, -0.15) is 0 Å². The van der Waals surface area contributed by atoms with Gasteiger partial charge in [-0.25, -0.2) is 0 Å². The minimum Gasteiger partial charge on any atom is -0.464 e. The molecule has 1 unspecified atom stereocenters. The van der Waals surface area contributed by atoms with Crippen LogP contribution in [0.4, 0.5) is 0 Å². The number of aliphatic hydroxyl groups is 1. The quantitative estimate of drug-likeness (QED) is 0.613. The Balaban J connectivity index is 2.48. The minimum atomic E-state index is -0.800. The molecule has 1 aliphatic rings. The summed E-state index contributed by atoms with van der Waals surface area (Å²) in [6, 6.07) is 0. The van der Waals surface area contributed by atoms with E-state index in [9.17, 15) is 9.90 Å². The smallest absolute Gasteiger partial charge is 0.326 e. The van der Waals surface area contributed by atoms with Gasteiger partial charge in [0, 0.05) is 13.0 Å². The Labute approximate surface area is 78.3 Å². The fourth-order valence-corrected chi connectivity index (χ4v) is 1.18. The van der Waals surface area contributed by atoms with E-state index in [1.165, 1.54) is 0 Å². The van der Waals surface area contributed by atoms with Crippen LogP contribution in [0.15, 0.2) is 0 Å². The highest BCUT2D eigenvalue weighted by Gasteiger charge is 2.40. The molecular weight excluding hydrogens is 170 g/mol. The first kappa shape index (κ1) is 10.5. The summed E-state index contributed by atoms with van der Waals surface area (Å²) in [5.74, 6) is -0.225. The summed E-state index contributed by atoms with van der Waals surface area (Å²) in [5, 5.41) is 12.5. The Morgan fingerprint density at radius 1 is 1.69 bits per heavy atom. The van der Waals surface area contributed by atoms with Crippen LogP contribution in [0, 0.1) is 0 Å². The first-order chi connectivity index (χ1) is 5.83. The largest absolute Gasteiger partial charge is 0.464 e. The molecule has 0 saturated carbocycles. The fourth-order valence-electron chi connectivity index (χ4n) is 1.18. The molecule has 0 aromatic rings. The number of rotatable bonds is 3. The van der Waals surface area contributed by atoms with Crippen molar-refractivity contribution in [2.24, 2.45) is 0 Å². The van der Waals surface area contributed by atoms with Crippen LogP contribution >= 0.6 is 0 Å². The molecule has 4 nitrogen and oxygen atoms in total. The molecule has 1 atom stereocenters. The van der Waals surface area contributed by atoms with E-state index in [-0.39, 0.29) is 5.97 Å². The normalized spacial score (nSPS) is 29.1. The van der Waals surface area contributed by atoms with Gasteiger partial charge in [0.25, 0.3) is 0 Å². The molecule has 76 valence electrons. The molecule has 13 heavy (non-hydrogen) atoms. The van der Waals surface area contributed by atoms with Crippen LogP contribution in [-0.2, 0) is 9.53 Å². The maximum atomic E-state index is 11.2. The van der Waals surface area contributed by atoms with E-state index in [0.717, 1.165) is 0 Å². The van der Waals surface area contributed by atoms with Crippen LogP contribution in [-0.4, -0.2) is 35.4 Å². The molecule has 0 aromatic carbocycles. The van der Waals surface area contributed by atoms with Crippen molar-refractivity contribution in [1.29, 1.82) is 0 Å². The highest BCUT2D eigenvalue weighted by molar-refractivity contribution is 5.82. The number of hydrogen-bond donors (Lipinski definition) is 2. The summed E-state index contributed by atoms with van der Waals surface area (Å²) in [4.78, 5) is 11.2. The van der Waals surface area contributed by atoms with Gasteiger partial charge in [-0.05, 0) is 20.8 Å². The Kier molecular flexibility index (Phi) is 2.63. The summed E-state index contributed by atoms with van der Waals surface area (Å²) < 4.78 is 4.85. The van der Waals surface area contributed by atoms with Crippen molar-refractivity contribution in [3.8, 4) is 0 Å². The molecule has 0 bridgehead atoms. The second-order valence-electron chi connectivity index (χ2n) is 4.38. The molecule has 2 N–H and O–H groups in total. The van der Waals surface area contributed by atoms with Crippen molar-refractivity contribution >= 4 is 5.97 Å². The standard InChI is InChI=1S/C9H17NO3/c1-8(2,12)6-10-9(3)4-5-13-7(9)11/h10,12H,4-6H2,1-3H3. The van der Waals surface area contributed by atoms with Gasteiger partial charge < -0.3 is 9.84 Å². The predicted octanol–water partition coefficient (Wildman–Crippen LogP) is 0.0525. The van der Waals surface area contributed by atoms with Gasteiger partial charge >= 0.3 is 5.97 Å². The molecule has 0 aliphatic carbocycles. The number of carbonyl (C=O) groups excluding carboxylic acids is 1. The summed E-state index contributed by atoms with van der Waals surface area (Å²) >= 11 is 0. The van der Waals surface area contributed by atoms with E-state index in [2.05, 4.69) is 5.32 Å². The molecule has 1 rings (SSSR count). The second-order valence-corrected chi connectivity index (χ2v) is 4.38. The van der Waals surface area contributed by atoms with E-state index in [1.807, 2.05) is 0 Å². The van der Waals surface area contributed by atoms with Gasteiger partial charge in [-0.15, -0.1) is 0 Å². The monoisotopic (exact) mass is 187 g/mol. The van der Waals surface area contributed by atoms with E-state index in [4.69, 9.17) is 4.74 Å². The third kappa shape index (κ3) is 2.67. The average molecular weight is 187 g/mol. The lowest BCUT2D eigenvalue weighted by molar-refractivity contribution is -0.143. The van der Waals surface area contributed by atoms with Crippen molar-refractivity contribution in [2.45, 2.75) is 38.3 Å². The zero-order valence-corrected chi connectivity index (χ0v) is 8.39. The lowest BCUT2D eigenvalue weighted by Crippen LogP contribution is -2.51. The topological polar surface area (TPSA) is 58.6 Å². The molecule has 0 radical (unpaired) electrons. The van der Waals surface area contributed by atoms with Crippen LogP contribution < -0.4 is 5.32 Å². The fraction of sp³-hybridized carbons (Fsp3) is 0.889. The van der Waals surface area contributed by atoms with Crippen molar-refractivity contribution in [1.82, 2.24) is 5.32 Å². The Hall–Kier alpha value is -0.610. The highest BCUT2D eigenvalue weighted by atomic mass is 16.5. The summed E-state index contributed by atoms with van der Waals surface area (Å²) in [5.41, 5.74) is -1.41. The van der Waals surface area contributed by atoms with Crippen LogP contribution in [0.3, 0.4) is 0 Å². The zero-order chi connectivity index (χ0) is 10.1. The summed E-state index contributed by atoms with van der Waals surface area (Å²) in [6.45, 7) is 6.05. The number of β-amino-alcohol motifs (C(OH)–C–C–N with tert-alkyl or cyclic N) is 1. The van der Waals surface area contributed by atoms with E-state index < -0.39 is 11.1 Å². The maximum Gasteiger partial charge on any atom is 0.326 e. The first-order valence-corrected chi connectivity index (χ1v) is 4.48. The first-order valence-electron chi connectivity index (χ1n) is 4.48. The number of cyclic esters (lactones) is 1. The van der Waals surface area contributed by atoms with Crippen LogP contribution in [0.5, 0.6) is 0 Å². The molecule has 1 aliphatic heterocycles. The van der Waals surface area contributed by atoms with E-state index in [0.29, 0.717) is 19.6 Å². The van der Waals surface area contributed by atoms with Crippen LogP contribution in [0.25, 0.3) is 0 Å². The third-order valence-electron chi connectivity index (χ3n) is 2.20. The van der Waals surface area contributed by atoms with Gasteiger partial charge in [0.15, 0.2) is 0 Å². The SMILES string of the molecule is CC(C)(O)CNC1(C)CCOC1=O. The van der Waals surface area contributed by atoms with Crippen molar-refractivity contribution < 1.29 is 14.6 Å². The molecular formula is C9H17NO3. The lowest BCUT2D eigenvalue weighted by Gasteiger charge is -2.26. The van der Waals surface area contributed by atoms with Gasteiger partial charge in [-0.1, -0.05) is 0 Å². The number of hydrogen-bond acceptors (Lipinski definition) is 4. The number of carbonyl (C=O) groups is 1. The molecule has 0 amide bonds. The molecule has 4 heteroatoms.